The Morgan fingerprint density at radius 3 is 2.15 bits per heavy atom. The standard InChI is InChI=1S/C16H20N2O2/c1-11-4-5-13(10-15(11)20-3)16(18-17)12-6-8-14(19-2)9-7-12/h4-10,16,18H,17H2,1-3H3. The number of nitrogens with one attached hydrogen (secondary N) is 1. The summed E-state index contributed by atoms with van der Waals surface area (Å²) in [5, 5.41) is 0. The summed E-state index contributed by atoms with van der Waals surface area (Å²) in [7, 11) is 3.32. The second-order valence-corrected chi connectivity index (χ2v) is 4.60. The number of aryl methyl sites for hydroxylation is 1. The highest BCUT2D eigenvalue weighted by molar-refractivity contribution is 5.42. The third kappa shape index (κ3) is 2.92. The molecule has 106 valence electrons. The van der Waals surface area contributed by atoms with E-state index in [1.165, 1.54) is 0 Å². The van der Waals surface area contributed by atoms with Gasteiger partial charge < -0.3 is 9.47 Å². The molecule has 2 rings (SSSR count). The molecule has 0 aliphatic rings. The van der Waals surface area contributed by atoms with Gasteiger partial charge in [-0.1, -0.05) is 24.3 Å². The molecule has 0 spiro atoms. The fourth-order valence-electron chi connectivity index (χ4n) is 2.20. The van der Waals surface area contributed by atoms with Gasteiger partial charge in [0.2, 0.25) is 0 Å². The maximum atomic E-state index is 5.71. The van der Waals surface area contributed by atoms with Crippen LogP contribution in [0.4, 0.5) is 0 Å². The molecule has 0 aromatic heterocycles. The summed E-state index contributed by atoms with van der Waals surface area (Å²) >= 11 is 0. The molecule has 0 saturated heterocycles. The van der Waals surface area contributed by atoms with Crippen LogP contribution in [-0.4, -0.2) is 14.2 Å². The van der Waals surface area contributed by atoms with Crippen LogP contribution in [-0.2, 0) is 0 Å². The van der Waals surface area contributed by atoms with Gasteiger partial charge in [0.1, 0.15) is 11.5 Å². The van der Waals surface area contributed by atoms with Gasteiger partial charge >= 0.3 is 0 Å². The van der Waals surface area contributed by atoms with E-state index in [0.717, 1.165) is 28.2 Å². The molecular formula is C16H20N2O2. The molecule has 1 unspecified atom stereocenters. The van der Waals surface area contributed by atoms with Gasteiger partial charge in [-0.15, -0.1) is 0 Å². The first-order valence-electron chi connectivity index (χ1n) is 6.44. The number of nitrogens with two attached hydrogens (primary N) is 1. The second kappa shape index (κ2) is 6.41. The molecular weight excluding hydrogens is 252 g/mol. The summed E-state index contributed by atoms with van der Waals surface area (Å²) < 4.78 is 10.5. The highest BCUT2D eigenvalue weighted by Crippen LogP contribution is 2.27. The normalized spacial score (nSPS) is 12.0. The number of methoxy groups -OCH3 is 2. The topological polar surface area (TPSA) is 56.5 Å². The number of benzene rings is 2. The van der Waals surface area contributed by atoms with Crippen LogP contribution in [0.2, 0.25) is 0 Å². The van der Waals surface area contributed by atoms with E-state index in [1.54, 1.807) is 14.2 Å². The van der Waals surface area contributed by atoms with E-state index in [0.29, 0.717) is 0 Å². The zero-order valence-corrected chi connectivity index (χ0v) is 12.0. The first-order valence-corrected chi connectivity index (χ1v) is 6.44. The number of hydrogen-bond acceptors (Lipinski definition) is 4. The molecule has 0 saturated carbocycles. The Kier molecular flexibility index (Phi) is 4.61. The molecule has 0 amide bonds. The monoisotopic (exact) mass is 272 g/mol. The van der Waals surface area contributed by atoms with Gasteiger partial charge in [0.05, 0.1) is 20.3 Å². The minimum absolute atomic E-state index is 0.0876. The van der Waals surface area contributed by atoms with Gasteiger partial charge in [-0.2, -0.15) is 0 Å². The van der Waals surface area contributed by atoms with Crippen molar-refractivity contribution in [2.45, 2.75) is 13.0 Å². The second-order valence-electron chi connectivity index (χ2n) is 4.60. The molecule has 4 nitrogen and oxygen atoms in total. The van der Waals surface area contributed by atoms with Crippen molar-refractivity contribution in [3.8, 4) is 11.5 Å². The summed E-state index contributed by atoms with van der Waals surface area (Å²) in [6, 6.07) is 13.8. The Morgan fingerprint density at radius 2 is 1.60 bits per heavy atom. The van der Waals surface area contributed by atoms with E-state index in [-0.39, 0.29) is 6.04 Å². The first-order chi connectivity index (χ1) is 9.69. The Labute approximate surface area is 119 Å². The van der Waals surface area contributed by atoms with Crippen LogP contribution in [0.25, 0.3) is 0 Å². The van der Waals surface area contributed by atoms with Crippen LogP contribution in [0, 0.1) is 6.92 Å². The van der Waals surface area contributed by atoms with E-state index in [2.05, 4.69) is 5.43 Å². The molecule has 4 heteroatoms. The smallest absolute Gasteiger partial charge is 0.122 e. The van der Waals surface area contributed by atoms with Crippen molar-refractivity contribution >= 4 is 0 Å². The third-order valence-electron chi connectivity index (χ3n) is 3.38. The van der Waals surface area contributed by atoms with E-state index in [9.17, 15) is 0 Å². The molecule has 2 aromatic rings. The van der Waals surface area contributed by atoms with Gasteiger partial charge in [0.25, 0.3) is 0 Å². The van der Waals surface area contributed by atoms with Crippen LogP contribution in [0.3, 0.4) is 0 Å². The summed E-state index contributed by atoms with van der Waals surface area (Å²) in [4.78, 5) is 0. The molecule has 1 atom stereocenters. The third-order valence-corrected chi connectivity index (χ3v) is 3.38. The number of hydrogen-bond donors (Lipinski definition) is 2. The lowest BCUT2D eigenvalue weighted by Crippen LogP contribution is -2.28. The van der Waals surface area contributed by atoms with Crippen LogP contribution in [0.1, 0.15) is 22.7 Å². The lowest BCUT2D eigenvalue weighted by Gasteiger charge is -2.18. The maximum absolute atomic E-state index is 5.71. The van der Waals surface area contributed by atoms with Crippen LogP contribution in [0.15, 0.2) is 42.5 Å². The summed E-state index contributed by atoms with van der Waals surface area (Å²) in [5.74, 6) is 7.40. The van der Waals surface area contributed by atoms with Crippen LogP contribution in [0.5, 0.6) is 11.5 Å². The van der Waals surface area contributed by atoms with E-state index in [1.807, 2.05) is 49.4 Å². The van der Waals surface area contributed by atoms with Crippen molar-refractivity contribution in [1.29, 1.82) is 0 Å². The lowest BCUT2D eigenvalue weighted by molar-refractivity contribution is 0.410. The Bertz CT molecular complexity index is 567. The summed E-state index contributed by atoms with van der Waals surface area (Å²) in [6.07, 6.45) is 0. The molecule has 2 aromatic carbocycles. The van der Waals surface area contributed by atoms with Crippen molar-refractivity contribution in [2.75, 3.05) is 14.2 Å². The zero-order valence-electron chi connectivity index (χ0n) is 12.0. The van der Waals surface area contributed by atoms with Gasteiger partial charge in [-0.3, -0.25) is 5.84 Å². The molecule has 0 fully saturated rings. The number of ether oxygens (including phenoxy) is 2. The lowest BCUT2D eigenvalue weighted by atomic mass is 9.98. The largest absolute Gasteiger partial charge is 0.497 e. The average molecular weight is 272 g/mol. The van der Waals surface area contributed by atoms with Gasteiger partial charge in [-0.25, -0.2) is 5.43 Å². The van der Waals surface area contributed by atoms with E-state index >= 15 is 0 Å². The molecule has 0 radical (unpaired) electrons. The predicted octanol–water partition coefficient (Wildman–Crippen LogP) is 2.56. The Balaban J connectivity index is 2.35. The van der Waals surface area contributed by atoms with Crippen LogP contribution < -0.4 is 20.7 Å². The molecule has 20 heavy (non-hydrogen) atoms. The number of rotatable bonds is 5. The molecule has 3 N–H and O–H groups in total. The average Bonchev–Trinajstić information content (AvgIpc) is 2.50. The molecule has 0 heterocycles. The fraction of sp³-hybridized carbons (Fsp3) is 0.250. The highest BCUT2D eigenvalue weighted by Gasteiger charge is 2.14. The van der Waals surface area contributed by atoms with Crippen LogP contribution >= 0.6 is 0 Å². The maximum Gasteiger partial charge on any atom is 0.122 e. The minimum atomic E-state index is -0.0876. The van der Waals surface area contributed by atoms with E-state index in [4.69, 9.17) is 15.3 Å². The quantitative estimate of drug-likeness (QED) is 0.649. The van der Waals surface area contributed by atoms with Crippen molar-refractivity contribution < 1.29 is 9.47 Å². The van der Waals surface area contributed by atoms with Crippen molar-refractivity contribution in [2.24, 2.45) is 5.84 Å². The minimum Gasteiger partial charge on any atom is -0.497 e. The SMILES string of the molecule is COc1ccc(C(NN)c2ccc(C)c(OC)c2)cc1. The van der Waals surface area contributed by atoms with Crippen molar-refractivity contribution in [3.63, 3.8) is 0 Å². The summed E-state index contributed by atoms with van der Waals surface area (Å²) in [5.41, 5.74) is 6.07. The molecule has 0 aliphatic carbocycles. The van der Waals surface area contributed by atoms with Crippen molar-refractivity contribution in [3.05, 3.63) is 59.2 Å². The summed E-state index contributed by atoms with van der Waals surface area (Å²) in [6.45, 7) is 2.01. The van der Waals surface area contributed by atoms with E-state index < -0.39 is 0 Å². The molecule has 0 bridgehead atoms. The first kappa shape index (κ1) is 14.4. The fourth-order valence-corrected chi connectivity index (χ4v) is 2.20. The van der Waals surface area contributed by atoms with Crippen molar-refractivity contribution in [1.82, 2.24) is 5.43 Å². The van der Waals surface area contributed by atoms with Gasteiger partial charge in [0, 0.05) is 0 Å². The zero-order chi connectivity index (χ0) is 14.5. The Morgan fingerprint density at radius 1 is 0.950 bits per heavy atom. The predicted molar refractivity (Wildman–Crippen MR) is 79.9 cm³/mol. The number of hydrazine groups is 1. The molecule has 0 aliphatic heterocycles. The highest BCUT2D eigenvalue weighted by atomic mass is 16.5. The van der Waals surface area contributed by atoms with Gasteiger partial charge in [0.15, 0.2) is 0 Å². The van der Waals surface area contributed by atoms with Gasteiger partial charge in [-0.05, 0) is 41.8 Å². The Hall–Kier alpha value is -2.04.